The predicted octanol–water partition coefficient (Wildman–Crippen LogP) is 1.97. The number of aliphatic hydroxyl groups excluding tert-OH is 1. The summed E-state index contributed by atoms with van der Waals surface area (Å²) in [6.45, 7) is 9.42. The third kappa shape index (κ3) is 7.08. The minimum Gasteiger partial charge on any atom is -0.393 e. The lowest BCUT2D eigenvalue weighted by Gasteiger charge is -2.29. The van der Waals surface area contributed by atoms with Crippen LogP contribution in [0.1, 0.15) is 58.8 Å². The van der Waals surface area contributed by atoms with Crippen LogP contribution in [-0.2, 0) is 0 Å². The van der Waals surface area contributed by atoms with Gasteiger partial charge in [0.15, 0.2) is 5.96 Å². The second-order valence-corrected chi connectivity index (χ2v) is 7.29. The van der Waals surface area contributed by atoms with E-state index in [1.807, 2.05) is 0 Å². The smallest absolute Gasteiger partial charge is 0.191 e. The van der Waals surface area contributed by atoms with Gasteiger partial charge in [-0.2, -0.15) is 0 Å². The molecule has 0 unspecified atom stereocenters. The molecule has 0 radical (unpaired) electrons. The van der Waals surface area contributed by atoms with Crippen molar-refractivity contribution < 1.29 is 5.11 Å². The minimum absolute atomic E-state index is 0.0768. The summed E-state index contributed by atoms with van der Waals surface area (Å²) in [6.07, 6.45) is 8.06. The molecule has 0 aromatic rings. The van der Waals surface area contributed by atoms with Crippen molar-refractivity contribution in [3.8, 4) is 0 Å². The second kappa shape index (κ2) is 10.1. The summed E-state index contributed by atoms with van der Waals surface area (Å²) in [5, 5.41) is 16.5. The molecule has 1 aliphatic heterocycles. The van der Waals surface area contributed by atoms with E-state index in [0.29, 0.717) is 6.04 Å². The summed E-state index contributed by atoms with van der Waals surface area (Å²) < 4.78 is 0. The van der Waals surface area contributed by atoms with Crippen molar-refractivity contribution in [3.05, 3.63) is 0 Å². The molecule has 1 heterocycles. The number of guanidine groups is 1. The van der Waals surface area contributed by atoms with Gasteiger partial charge in [0, 0.05) is 32.2 Å². The number of nitrogens with zero attached hydrogens (tertiary/aromatic N) is 2. The Hall–Kier alpha value is -0.810. The van der Waals surface area contributed by atoms with Gasteiger partial charge in [-0.3, -0.25) is 4.99 Å². The quantitative estimate of drug-likeness (QED) is 0.397. The fraction of sp³-hybridized carbons (Fsp3) is 0.944. The third-order valence-electron chi connectivity index (χ3n) is 5.16. The van der Waals surface area contributed by atoms with Gasteiger partial charge in [-0.25, -0.2) is 0 Å². The van der Waals surface area contributed by atoms with Crippen molar-refractivity contribution in [2.45, 2.75) is 70.9 Å². The lowest BCUT2D eigenvalue weighted by Crippen LogP contribution is -2.44. The van der Waals surface area contributed by atoms with Crippen LogP contribution in [0.5, 0.6) is 0 Å². The van der Waals surface area contributed by atoms with Crippen molar-refractivity contribution in [2.75, 3.05) is 32.7 Å². The van der Waals surface area contributed by atoms with Gasteiger partial charge >= 0.3 is 0 Å². The van der Waals surface area contributed by atoms with Crippen LogP contribution >= 0.6 is 0 Å². The molecule has 134 valence electrons. The van der Waals surface area contributed by atoms with E-state index in [0.717, 1.165) is 63.9 Å². The Kier molecular flexibility index (Phi) is 8.17. The number of hydrogen-bond donors (Lipinski definition) is 3. The summed E-state index contributed by atoms with van der Waals surface area (Å²) in [7, 11) is 0. The van der Waals surface area contributed by atoms with Gasteiger partial charge < -0.3 is 20.6 Å². The first-order valence-corrected chi connectivity index (χ1v) is 9.62. The van der Waals surface area contributed by atoms with Crippen LogP contribution < -0.4 is 10.6 Å². The number of rotatable bonds is 6. The van der Waals surface area contributed by atoms with Crippen molar-refractivity contribution in [1.82, 2.24) is 15.5 Å². The molecule has 2 fully saturated rings. The highest BCUT2D eigenvalue weighted by atomic mass is 16.3. The molecule has 2 rings (SSSR count). The van der Waals surface area contributed by atoms with Gasteiger partial charge in [0.2, 0.25) is 0 Å². The first-order chi connectivity index (χ1) is 11.2. The second-order valence-electron chi connectivity index (χ2n) is 7.29. The molecule has 0 aromatic carbocycles. The number of hydrogen-bond acceptors (Lipinski definition) is 3. The van der Waals surface area contributed by atoms with Gasteiger partial charge in [0.1, 0.15) is 0 Å². The molecular weight excluding hydrogens is 288 g/mol. The molecule has 0 aromatic heterocycles. The maximum Gasteiger partial charge on any atom is 0.191 e. The Balaban J connectivity index is 1.66. The lowest BCUT2D eigenvalue weighted by molar-refractivity contribution is 0.0824. The van der Waals surface area contributed by atoms with Gasteiger partial charge in [-0.05, 0) is 64.3 Å². The molecule has 2 aliphatic rings. The van der Waals surface area contributed by atoms with Crippen LogP contribution in [0, 0.1) is 5.92 Å². The van der Waals surface area contributed by atoms with Gasteiger partial charge in [-0.15, -0.1) is 0 Å². The molecular formula is C18H36N4O. The van der Waals surface area contributed by atoms with Crippen LogP contribution in [0.15, 0.2) is 4.99 Å². The van der Waals surface area contributed by atoms with Crippen LogP contribution in [0.3, 0.4) is 0 Å². The van der Waals surface area contributed by atoms with E-state index in [-0.39, 0.29) is 6.10 Å². The first-order valence-electron chi connectivity index (χ1n) is 9.62. The molecule has 0 spiro atoms. The van der Waals surface area contributed by atoms with Gasteiger partial charge in [-0.1, -0.05) is 6.92 Å². The standard InChI is InChI=1S/C18H36N4O/c1-3-19-18(21-16-7-5-15(2)6-8-16)20-11-4-12-22-13-9-17(23)10-14-22/h15-17,23H,3-14H2,1-2H3,(H2,19,20,21). The molecule has 1 saturated heterocycles. The number of likely N-dealkylation sites (tertiary alicyclic amines) is 1. The number of aliphatic hydroxyl groups is 1. The largest absolute Gasteiger partial charge is 0.393 e. The van der Waals surface area contributed by atoms with E-state index in [1.165, 1.54) is 25.7 Å². The third-order valence-corrected chi connectivity index (χ3v) is 5.16. The summed E-state index contributed by atoms with van der Waals surface area (Å²) in [5.74, 6) is 1.87. The summed E-state index contributed by atoms with van der Waals surface area (Å²) >= 11 is 0. The maximum atomic E-state index is 9.54. The molecule has 1 aliphatic carbocycles. The zero-order chi connectivity index (χ0) is 16.5. The molecule has 0 bridgehead atoms. The monoisotopic (exact) mass is 324 g/mol. The maximum absolute atomic E-state index is 9.54. The highest BCUT2D eigenvalue weighted by molar-refractivity contribution is 5.80. The zero-order valence-corrected chi connectivity index (χ0v) is 15.1. The number of piperidine rings is 1. The number of nitrogens with one attached hydrogen (secondary N) is 2. The van der Waals surface area contributed by atoms with Crippen LogP contribution in [0.25, 0.3) is 0 Å². The average Bonchev–Trinajstić information content (AvgIpc) is 2.55. The van der Waals surface area contributed by atoms with Crippen molar-refractivity contribution in [2.24, 2.45) is 10.9 Å². The van der Waals surface area contributed by atoms with E-state index < -0.39 is 0 Å². The van der Waals surface area contributed by atoms with Crippen molar-refractivity contribution in [1.29, 1.82) is 0 Å². The SMILES string of the molecule is CCNC(=NCCCN1CCC(O)CC1)NC1CCC(C)CC1. The summed E-state index contributed by atoms with van der Waals surface area (Å²) in [6, 6.07) is 0.590. The molecule has 5 nitrogen and oxygen atoms in total. The fourth-order valence-electron chi connectivity index (χ4n) is 3.55. The molecule has 1 saturated carbocycles. The number of aliphatic imine (C=N–C) groups is 1. The predicted molar refractivity (Wildman–Crippen MR) is 96.8 cm³/mol. The Morgan fingerprint density at radius 1 is 1.13 bits per heavy atom. The van der Waals surface area contributed by atoms with E-state index >= 15 is 0 Å². The van der Waals surface area contributed by atoms with Crippen LogP contribution in [0.2, 0.25) is 0 Å². The molecule has 0 amide bonds. The molecule has 5 heteroatoms. The molecule has 3 N–H and O–H groups in total. The topological polar surface area (TPSA) is 59.9 Å². The molecule has 23 heavy (non-hydrogen) atoms. The van der Waals surface area contributed by atoms with E-state index in [9.17, 15) is 5.11 Å². The van der Waals surface area contributed by atoms with E-state index in [2.05, 4.69) is 29.4 Å². The minimum atomic E-state index is -0.0768. The van der Waals surface area contributed by atoms with Crippen molar-refractivity contribution >= 4 is 5.96 Å². The van der Waals surface area contributed by atoms with Crippen molar-refractivity contribution in [3.63, 3.8) is 0 Å². The summed E-state index contributed by atoms with van der Waals surface area (Å²) in [5.41, 5.74) is 0. The fourth-order valence-corrected chi connectivity index (χ4v) is 3.55. The normalized spacial score (nSPS) is 27.9. The Bertz CT molecular complexity index is 345. The lowest BCUT2D eigenvalue weighted by atomic mass is 9.87. The first kappa shape index (κ1) is 18.5. The zero-order valence-electron chi connectivity index (χ0n) is 15.1. The molecule has 0 atom stereocenters. The highest BCUT2D eigenvalue weighted by Gasteiger charge is 2.19. The van der Waals surface area contributed by atoms with Crippen LogP contribution in [-0.4, -0.2) is 60.8 Å². The average molecular weight is 325 g/mol. The highest BCUT2D eigenvalue weighted by Crippen LogP contribution is 2.23. The van der Waals surface area contributed by atoms with E-state index in [1.54, 1.807) is 0 Å². The Morgan fingerprint density at radius 3 is 2.48 bits per heavy atom. The Labute approximate surface area is 141 Å². The van der Waals surface area contributed by atoms with Crippen LogP contribution in [0.4, 0.5) is 0 Å². The summed E-state index contributed by atoms with van der Waals surface area (Å²) in [4.78, 5) is 7.19. The van der Waals surface area contributed by atoms with Gasteiger partial charge in [0.25, 0.3) is 0 Å². The van der Waals surface area contributed by atoms with Gasteiger partial charge in [0.05, 0.1) is 6.10 Å². The Morgan fingerprint density at radius 2 is 1.83 bits per heavy atom. The van der Waals surface area contributed by atoms with E-state index in [4.69, 9.17) is 4.99 Å².